The minimum absolute atomic E-state index is 0.0427. The minimum atomic E-state index is -0.0427. The Kier molecular flexibility index (Phi) is 2.55. The molecule has 2 saturated carbocycles. The van der Waals surface area contributed by atoms with Crippen LogP contribution in [0.2, 0.25) is 0 Å². The quantitative estimate of drug-likeness (QED) is 0.797. The molecule has 1 atom stereocenters. The molecule has 3 aliphatic rings. The van der Waals surface area contributed by atoms with E-state index < -0.39 is 0 Å². The lowest BCUT2D eigenvalue weighted by atomic mass is 9.79. The van der Waals surface area contributed by atoms with Crippen molar-refractivity contribution in [2.24, 2.45) is 11.3 Å². The fraction of sp³-hybridized carbons (Fsp3) is 0.706. The van der Waals surface area contributed by atoms with Gasteiger partial charge in [0.25, 0.3) is 0 Å². The number of carbonyl (C=O) groups excluding carboxylic acids is 1. The molecule has 1 aliphatic heterocycles. The molecule has 1 spiro atoms. The molecule has 21 heavy (non-hydrogen) atoms. The van der Waals surface area contributed by atoms with E-state index in [2.05, 4.69) is 25.8 Å². The Balaban J connectivity index is 1.50. The number of aromatic nitrogens is 2. The van der Waals surface area contributed by atoms with Crippen LogP contribution >= 0.6 is 0 Å². The second-order valence-corrected chi connectivity index (χ2v) is 8.08. The highest BCUT2D eigenvalue weighted by Gasteiger charge is 2.61. The summed E-state index contributed by atoms with van der Waals surface area (Å²) in [7, 11) is 0. The van der Waals surface area contributed by atoms with E-state index in [-0.39, 0.29) is 5.41 Å². The highest BCUT2D eigenvalue weighted by Crippen LogP contribution is 2.66. The summed E-state index contributed by atoms with van der Waals surface area (Å²) in [6, 6.07) is 0. The minimum Gasteiger partial charge on any atom is -0.332 e. The maximum Gasteiger partial charge on any atom is 0.226 e. The predicted octanol–water partition coefficient (Wildman–Crippen LogP) is 2.81. The van der Waals surface area contributed by atoms with Crippen LogP contribution in [-0.4, -0.2) is 20.8 Å². The van der Waals surface area contributed by atoms with Gasteiger partial charge in [-0.25, -0.2) is 9.97 Å². The maximum absolute atomic E-state index is 12.6. The molecule has 4 rings (SSSR count). The van der Waals surface area contributed by atoms with E-state index in [1.807, 2.05) is 11.1 Å². The molecule has 1 aromatic heterocycles. The van der Waals surface area contributed by atoms with Gasteiger partial charge < -0.3 is 4.90 Å². The van der Waals surface area contributed by atoms with Gasteiger partial charge in [0.05, 0.1) is 12.2 Å². The average Bonchev–Trinajstić information content (AvgIpc) is 3.01. The van der Waals surface area contributed by atoms with E-state index in [1.54, 1.807) is 0 Å². The first kappa shape index (κ1) is 13.2. The molecule has 1 amide bonds. The van der Waals surface area contributed by atoms with Crippen molar-refractivity contribution in [1.82, 2.24) is 14.9 Å². The highest BCUT2D eigenvalue weighted by atomic mass is 16.2. The van der Waals surface area contributed by atoms with E-state index in [1.165, 1.54) is 19.3 Å². The van der Waals surface area contributed by atoms with Crippen LogP contribution in [0.5, 0.6) is 0 Å². The maximum atomic E-state index is 12.6. The molecule has 2 heterocycles. The molecule has 2 fully saturated rings. The van der Waals surface area contributed by atoms with Crippen molar-refractivity contribution >= 4 is 5.91 Å². The fourth-order valence-corrected chi connectivity index (χ4v) is 3.77. The number of rotatable bonds is 1. The largest absolute Gasteiger partial charge is 0.332 e. The summed E-state index contributed by atoms with van der Waals surface area (Å²) in [5, 5.41) is 0. The van der Waals surface area contributed by atoms with Crippen LogP contribution in [0.4, 0.5) is 0 Å². The zero-order valence-corrected chi connectivity index (χ0v) is 13.1. The summed E-state index contributed by atoms with van der Waals surface area (Å²) in [6.07, 6.45) is 6.88. The number of hydrogen-bond donors (Lipinski definition) is 0. The van der Waals surface area contributed by atoms with E-state index in [4.69, 9.17) is 4.98 Å². The van der Waals surface area contributed by atoms with Gasteiger partial charge in [-0.2, -0.15) is 0 Å². The zero-order valence-electron chi connectivity index (χ0n) is 13.1. The average molecular weight is 285 g/mol. The molecule has 4 heteroatoms. The molecule has 0 bridgehead atoms. The summed E-state index contributed by atoms with van der Waals surface area (Å²) in [4.78, 5) is 23.8. The molecule has 0 saturated heterocycles. The number of nitrogens with zero attached hydrogens (tertiary/aromatic N) is 3. The summed E-state index contributed by atoms with van der Waals surface area (Å²) in [5.74, 6) is 1.53. The molecule has 4 nitrogen and oxygen atoms in total. The van der Waals surface area contributed by atoms with Crippen LogP contribution in [0.15, 0.2) is 6.20 Å². The molecular formula is C17H23N3O. The molecule has 0 radical (unpaired) electrons. The lowest BCUT2D eigenvalue weighted by Crippen LogP contribution is -2.30. The second kappa shape index (κ2) is 4.05. The smallest absolute Gasteiger partial charge is 0.226 e. The Bertz CT molecular complexity index is 613. The second-order valence-electron chi connectivity index (χ2n) is 8.08. The third-order valence-corrected chi connectivity index (χ3v) is 5.48. The van der Waals surface area contributed by atoms with Crippen molar-refractivity contribution in [1.29, 1.82) is 0 Å². The number of fused-ring (bicyclic) bond motifs is 1. The Labute approximate surface area is 126 Å². The van der Waals surface area contributed by atoms with Crippen molar-refractivity contribution < 1.29 is 4.79 Å². The van der Waals surface area contributed by atoms with E-state index >= 15 is 0 Å². The molecule has 112 valence electrons. The highest BCUT2D eigenvalue weighted by molar-refractivity contribution is 5.83. The molecule has 0 N–H and O–H groups in total. The van der Waals surface area contributed by atoms with Crippen molar-refractivity contribution in [3.05, 3.63) is 23.3 Å². The van der Waals surface area contributed by atoms with Crippen LogP contribution in [0.25, 0.3) is 0 Å². The first-order chi connectivity index (χ1) is 9.89. The molecule has 0 unspecified atom stereocenters. The Morgan fingerprint density at radius 3 is 2.67 bits per heavy atom. The van der Waals surface area contributed by atoms with Gasteiger partial charge in [-0.15, -0.1) is 0 Å². The third-order valence-electron chi connectivity index (χ3n) is 5.48. The van der Waals surface area contributed by atoms with Gasteiger partial charge in [0, 0.05) is 29.6 Å². The van der Waals surface area contributed by atoms with Crippen LogP contribution in [-0.2, 0) is 23.3 Å². The lowest BCUT2D eigenvalue weighted by Gasteiger charge is -2.27. The summed E-state index contributed by atoms with van der Waals surface area (Å²) in [6.45, 7) is 7.74. The third kappa shape index (κ3) is 1.99. The fourth-order valence-electron chi connectivity index (χ4n) is 3.77. The monoisotopic (exact) mass is 285 g/mol. The first-order valence-electron chi connectivity index (χ1n) is 8.03. The van der Waals surface area contributed by atoms with E-state index in [0.29, 0.717) is 30.3 Å². The standard InChI is InChI=1S/C17H23N3O/c1-16(2,3)15-18-8-11-9-20(10-13(11)19-15)14(21)12-7-17(12)5-4-6-17/h8,12H,4-7,9-10H2,1-3H3/t12-/m1/s1. The number of carbonyl (C=O) groups is 1. The van der Waals surface area contributed by atoms with Crippen molar-refractivity contribution in [3.63, 3.8) is 0 Å². The molecule has 1 aromatic rings. The van der Waals surface area contributed by atoms with Crippen LogP contribution in [0, 0.1) is 11.3 Å². The van der Waals surface area contributed by atoms with E-state index in [0.717, 1.165) is 23.5 Å². The van der Waals surface area contributed by atoms with Gasteiger partial charge in [-0.3, -0.25) is 4.79 Å². The van der Waals surface area contributed by atoms with Gasteiger partial charge in [-0.05, 0) is 24.7 Å². The summed E-state index contributed by atoms with van der Waals surface area (Å²) >= 11 is 0. The molecule has 2 aliphatic carbocycles. The van der Waals surface area contributed by atoms with Crippen LogP contribution in [0.1, 0.15) is 63.5 Å². The first-order valence-corrected chi connectivity index (χ1v) is 8.03. The summed E-state index contributed by atoms with van der Waals surface area (Å²) in [5.41, 5.74) is 2.54. The Morgan fingerprint density at radius 1 is 1.33 bits per heavy atom. The number of hydrogen-bond acceptors (Lipinski definition) is 3. The molecule has 0 aromatic carbocycles. The lowest BCUT2D eigenvalue weighted by molar-refractivity contribution is -0.134. The zero-order chi connectivity index (χ0) is 14.8. The Hall–Kier alpha value is -1.45. The van der Waals surface area contributed by atoms with Crippen LogP contribution < -0.4 is 0 Å². The van der Waals surface area contributed by atoms with Crippen molar-refractivity contribution in [3.8, 4) is 0 Å². The van der Waals surface area contributed by atoms with E-state index in [9.17, 15) is 4.79 Å². The van der Waals surface area contributed by atoms with Crippen LogP contribution in [0.3, 0.4) is 0 Å². The summed E-state index contributed by atoms with van der Waals surface area (Å²) < 4.78 is 0. The van der Waals surface area contributed by atoms with Crippen molar-refractivity contribution in [2.75, 3.05) is 0 Å². The van der Waals surface area contributed by atoms with Gasteiger partial charge >= 0.3 is 0 Å². The number of amides is 1. The molecular weight excluding hydrogens is 262 g/mol. The SMILES string of the molecule is CC(C)(C)c1ncc2c(n1)CN(C(=O)[C@H]1CC13CCC3)C2. The van der Waals surface area contributed by atoms with Gasteiger partial charge in [-0.1, -0.05) is 27.2 Å². The van der Waals surface area contributed by atoms with Gasteiger partial charge in [0.15, 0.2) is 0 Å². The normalized spacial score (nSPS) is 25.7. The van der Waals surface area contributed by atoms with Crippen molar-refractivity contribution in [2.45, 2.75) is 65.0 Å². The predicted molar refractivity (Wildman–Crippen MR) is 79.4 cm³/mol. The topological polar surface area (TPSA) is 46.1 Å². The van der Waals surface area contributed by atoms with Gasteiger partial charge in [0.1, 0.15) is 5.82 Å². The van der Waals surface area contributed by atoms with Gasteiger partial charge in [0.2, 0.25) is 5.91 Å². The Morgan fingerprint density at radius 2 is 2.10 bits per heavy atom.